The van der Waals surface area contributed by atoms with Gasteiger partial charge in [0.05, 0.1) is 31.3 Å². The molecule has 1 aliphatic carbocycles. The third-order valence-corrected chi connectivity index (χ3v) is 10.0. The first-order valence-corrected chi connectivity index (χ1v) is 13.3. The van der Waals surface area contributed by atoms with Crippen molar-refractivity contribution in [3.63, 3.8) is 0 Å². The van der Waals surface area contributed by atoms with Gasteiger partial charge in [0.1, 0.15) is 11.5 Å². The van der Waals surface area contributed by atoms with Crippen molar-refractivity contribution in [1.82, 2.24) is 9.88 Å². The standard InChI is InChI=1S/C22H20F6N2O5S2/c1-10-17(36-11(2)29-10)12-3-4-16(14(7-12)21(23,24)25)37(34,35)13-8-15(18(31)32)30(9-13)19(33)20(5-6-20)22(26,27)28/h3-4,7,13,15H,5-6,8-9H2,1-2H3,(H,31,32)/t13-,15+/m1/s1. The molecule has 2 aliphatic rings. The molecule has 0 spiro atoms. The molecule has 2 heterocycles. The third kappa shape index (κ3) is 4.60. The van der Waals surface area contributed by atoms with Crippen LogP contribution in [0.25, 0.3) is 10.4 Å². The van der Waals surface area contributed by atoms with Crippen LogP contribution in [0.3, 0.4) is 0 Å². The normalized spacial score (nSPS) is 21.8. The van der Waals surface area contributed by atoms with Gasteiger partial charge in [0.15, 0.2) is 9.84 Å². The zero-order valence-electron chi connectivity index (χ0n) is 19.3. The Bertz CT molecular complexity index is 1380. The molecule has 15 heteroatoms. The molecule has 1 aromatic heterocycles. The smallest absolute Gasteiger partial charge is 0.417 e. The number of aromatic nitrogens is 1. The molecule has 1 aliphatic heterocycles. The number of alkyl halides is 6. The number of amides is 1. The number of likely N-dealkylation sites (tertiary alicyclic amines) is 1. The van der Waals surface area contributed by atoms with Crippen LogP contribution in [0.2, 0.25) is 0 Å². The Balaban J connectivity index is 1.74. The Labute approximate surface area is 211 Å². The minimum atomic E-state index is -5.12. The molecule has 202 valence electrons. The van der Waals surface area contributed by atoms with Crippen molar-refractivity contribution in [2.45, 2.75) is 61.6 Å². The van der Waals surface area contributed by atoms with E-state index in [9.17, 15) is 49.5 Å². The molecule has 1 N–H and O–H groups in total. The molecule has 0 unspecified atom stereocenters. The second kappa shape index (κ2) is 8.68. The predicted octanol–water partition coefficient (Wildman–Crippen LogP) is 4.62. The second-order valence-electron chi connectivity index (χ2n) is 9.15. The molecule has 2 aromatic rings. The first kappa shape index (κ1) is 27.4. The molecule has 7 nitrogen and oxygen atoms in total. The van der Waals surface area contributed by atoms with Gasteiger partial charge in [0.2, 0.25) is 5.91 Å². The summed E-state index contributed by atoms with van der Waals surface area (Å²) < 4.78 is 109. The van der Waals surface area contributed by atoms with E-state index in [2.05, 4.69) is 4.98 Å². The van der Waals surface area contributed by atoms with E-state index in [1.54, 1.807) is 13.8 Å². The number of hydrogen-bond donors (Lipinski definition) is 1. The van der Waals surface area contributed by atoms with Crippen molar-refractivity contribution in [3.05, 3.63) is 34.5 Å². The predicted molar refractivity (Wildman–Crippen MR) is 118 cm³/mol. The molecule has 2 fully saturated rings. The lowest BCUT2D eigenvalue weighted by Gasteiger charge is -2.28. The number of carboxylic acid groups (broad SMARTS) is 1. The number of carbonyl (C=O) groups is 2. The summed E-state index contributed by atoms with van der Waals surface area (Å²) in [4.78, 5) is 28.2. The number of thiazole rings is 1. The third-order valence-electron chi connectivity index (χ3n) is 6.71. The van der Waals surface area contributed by atoms with Crippen molar-refractivity contribution in [2.75, 3.05) is 6.54 Å². The Kier molecular flexibility index (Phi) is 6.42. The minimum absolute atomic E-state index is 0.0712. The fraction of sp³-hybridized carbons (Fsp3) is 0.500. The molecule has 1 aromatic carbocycles. The molecule has 0 bridgehead atoms. The first-order valence-electron chi connectivity index (χ1n) is 10.9. The average Bonchev–Trinajstić information content (AvgIpc) is 3.36. The molecule has 4 rings (SSSR count). The Morgan fingerprint density at radius 3 is 2.22 bits per heavy atom. The number of hydrogen-bond acceptors (Lipinski definition) is 6. The highest BCUT2D eigenvalue weighted by molar-refractivity contribution is 7.92. The fourth-order valence-corrected chi connectivity index (χ4v) is 7.43. The van der Waals surface area contributed by atoms with Gasteiger partial charge in [-0.2, -0.15) is 26.3 Å². The number of rotatable bonds is 5. The Morgan fingerprint density at radius 2 is 1.76 bits per heavy atom. The van der Waals surface area contributed by atoms with Gasteiger partial charge in [-0.1, -0.05) is 6.07 Å². The van der Waals surface area contributed by atoms with Crippen LogP contribution in [-0.4, -0.2) is 59.3 Å². The van der Waals surface area contributed by atoms with Crippen LogP contribution in [0.15, 0.2) is 23.1 Å². The van der Waals surface area contributed by atoms with Gasteiger partial charge in [-0.25, -0.2) is 18.2 Å². The van der Waals surface area contributed by atoms with Crippen LogP contribution < -0.4 is 0 Å². The molecular weight excluding hydrogens is 550 g/mol. The molecular formula is C22H20F6N2O5S2. The highest BCUT2D eigenvalue weighted by Gasteiger charge is 2.70. The number of carbonyl (C=O) groups excluding carboxylic acids is 1. The summed E-state index contributed by atoms with van der Waals surface area (Å²) in [7, 11) is -4.92. The van der Waals surface area contributed by atoms with Crippen LogP contribution in [0.1, 0.15) is 35.5 Å². The number of aryl methyl sites for hydroxylation is 2. The van der Waals surface area contributed by atoms with Crippen LogP contribution >= 0.6 is 11.3 Å². The van der Waals surface area contributed by atoms with Gasteiger partial charge in [0.25, 0.3) is 0 Å². The zero-order valence-corrected chi connectivity index (χ0v) is 20.9. The second-order valence-corrected chi connectivity index (χ2v) is 12.5. The maximum atomic E-state index is 14.0. The Hall–Kier alpha value is -2.68. The average molecular weight is 571 g/mol. The van der Waals surface area contributed by atoms with Crippen LogP contribution in [0, 0.1) is 19.3 Å². The van der Waals surface area contributed by atoms with E-state index in [1.807, 2.05) is 0 Å². The summed E-state index contributed by atoms with van der Waals surface area (Å²) >= 11 is 1.11. The van der Waals surface area contributed by atoms with Crippen molar-refractivity contribution in [3.8, 4) is 10.4 Å². The van der Waals surface area contributed by atoms with Gasteiger partial charge in [-0.15, -0.1) is 11.3 Å². The SMILES string of the molecule is Cc1nc(C)c(-c2ccc(S(=O)(=O)[C@@H]3C[C@@H](C(=O)O)N(C(=O)C4(C(F)(F)F)CC4)C3)c(C(F)(F)F)c2)s1. The Morgan fingerprint density at radius 1 is 1.14 bits per heavy atom. The van der Waals surface area contributed by atoms with E-state index < -0.39 is 87.0 Å². The molecule has 1 saturated heterocycles. The fourth-order valence-electron chi connectivity index (χ4n) is 4.62. The summed E-state index contributed by atoms with van der Waals surface area (Å²) in [6.07, 6.45) is -12.1. The number of halogens is 6. The van der Waals surface area contributed by atoms with Gasteiger partial charge in [-0.05, 0) is 50.8 Å². The molecule has 1 amide bonds. The first-order chi connectivity index (χ1) is 16.9. The number of carboxylic acids is 1. The van der Waals surface area contributed by atoms with E-state index in [4.69, 9.17) is 0 Å². The maximum absolute atomic E-state index is 14.0. The summed E-state index contributed by atoms with van der Waals surface area (Å²) in [6, 6.07) is 0.642. The van der Waals surface area contributed by atoms with Gasteiger partial charge >= 0.3 is 18.3 Å². The van der Waals surface area contributed by atoms with E-state index in [0.717, 1.165) is 23.5 Å². The van der Waals surface area contributed by atoms with Crippen LogP contribution in [0.5, 0.6) is 0 Å². The summed E-state index contributed by atoms with van der Waals surface area (Å²) in [5.74, 6) is -3.32. The molecule has 1 saturated carbocycles. The number of sulfone groups is 1. The van der Waals surface area contributed by atoms with Crippen molar-refractivity contribution in [1.29, 1.82) is 0 Å². The van der Waals surface area contributed by atoms with Crippen LogP contribution in [-0.2, 0) is 25.6 Å². The van der Waals surface area contributed by atoms with Gasteiger partial charge in [-0.3, -0.25) is 4.79 Å². The largest absolute Gasteiger partial charge is 0.480 e. The number of nitrogens with zero attached hydrogens (tertiary/aromatic N) is 2. The lowest BCUT2D eigenvalue weighted by Crippen LogP contribution is -2.48. The van der Waals surface area contributed by atoms with E-state index in [-0.39, 0.29) is 5.56 Å². The zero-order chi connectivity index (χ0) is 27.7. The minimum Gasteiger partial charge on any atom is -0.480 e. The summed E-state index contributed by atoms with van der Waals surface area (Å²) in [5, 5.41) is 8.23. The van der Waals surface area contributed by atoms with Crippen molar-refractivity contribution < 1.29 is 49.5 Å². The monoisotopic (exact) mass is 570 g/mol. The molecule has 37 heavy (non-hydrogen) atoms. The van der Waals surface area contributed by atoms with Crippen molar-refractivity contribution >= 4 is 33.1 Å². The number of benzene rings is 1. The van der Waals surface area contributed by atoms with Crippen LogP contribution in [0.4, 0.5) is 26.3 Å². The summed E-state index contributed by atoms with van der Waals surface area (Å²) in [5.41, 5.74) is -3.79. The van der Waals surface area contributed by atoms with E-state index in [0.29, 0.717) is 26.5 Å². The number of aliphatic carboxylic acids is 1. The van der Waals surface area contributed by atoms with E-state index >= 15 is 0 Å². The van der Waals surface area contributed by atoms with E-state index in [1.165, 1.54) is 0 Å². The lowest BCUT2D eigenvalue weighted by atomic mass is 10.0. The van der Waals surface area contributed by atoms with Gasteiger partial charge < -0.3 is 10.0 Å². The highest BCUT2D eigenvalue weighted by atomic mass is 32.2. The topological polar surface area (TPSA) is 105 Å². The molecule has 2 atom stereocenters. The lowest BCUT2D eigenvalue weighted by molar-refractivity contribution is -0.199. The van der Waals surface area contributed by atoms with Crippen molar-refractivity contribution in [2.24, 2.45) is 5.41 Å². The summed E-state index contributed by atoms with van der Waals surface area (Å²) in [6.45, 7) is 2.27. The van der Waals surface area contributed by atoms with Gasteiger partial charge in [0, 0.05) is 6.54 Å². The molecule has 0 radical (unpaired) electrons. The maximum Gasteiger partial charge on any atom is 0.417 e. The highest BCUT2D eigenvalue weighted by Crippen LogP contribution is 2.59. The quantitative estimate of drug-likeness (QED) is 0.527.